The second-order valence-electron chi connectivity index (χ2n) is 9.39. The molecule has 0 bridgehead atoms. The molecule has 4 aromatic rings. The van der Waals surface area contributed by atoms with E-state index in [0.717, 1.165) is 23.1 Å². The number of hydrogen-bond donors (Lipinski definition) is 1. The highest BCUT2D eigenvalue weighted by atomic mass is 32.2. The van der Waals surface area contributed by atoms with E-state index in [2.05, 4.69) is 9.97 Å². The van der Waals surface area contributed by atoms with Gasteiger partial charge in [0.15, 0.2) is 4.90 Å². The van der Waals surface area contributed by atoms with Gasteiger partial charge in [-0.15, -0.1) is 0 Å². The lowest BCUT2D eigenvalue weighted by molar-refractivity contribution is 0.406. The van der Waals surface area contributed by atoms with Crippen molar-refractivity contribution in [3.8, 4) is 17.0 Å². The smallest absolute Gasteiger partial charge is 0.277 e. The first-order chi connectivity index (χ1) is 19.0. The zero-order chi connectivity index (χ0) is 29.2. The van der Waals surface area contributed by atoms with Crippen LogP contribution in [0.3, 0.4) is 0 Å². The highest BCUT2D eigenvalue weighted by molar-refractivity contribution is 7.91. The van der Waals surface area contributed by atoms with Gasteiger partial charge in [-0.25, -0.2) is 22.2 Å². The maximum absolute atomic E-state index is 14.1. The van der Waals surface area contributed by atoms with E-state index in [0.29, 0.717) is 23.6 Å². The lowest BCUT2D eigenvalue weighted by Crippen LogP contribution is -2.33. The fourth-order valence-corrected chi connectivity index (χ4v) is 6.05. The third-order valence-electron chi connectivity index (χ3n) is 6.74. The molecule has 0 aliphatic heterocycles. The number of aromatic nitrogens is 3. The molecule has 0 aliphatic carbocycles. The number of halogens is 3. The molecule has 11 heteroatoms. The van der Waals surface area contributed by atoms with Crippen LogP contribution in [-0.4, -0.2) is 28.1 Å². The topological polar surface area (TPSA) is 102 Å². The minimum Gasteiger partial charge on any atom is -0.492 e. The third-order valence-corrected chi connectivity index (χ3v) is 8.53. The molecule has 7 nitrogen and oxygen atoms in total. The summed E-state index contributed by atoms with van der Waals surface area (Å²) < 4.78 is 70.6. The first-order valence-electron chi connectivity index (χ1n) is 12.8. The van der Waals surface area contributed by atoms with E-state index in [1.165, 1.54) is 30.5 Å². The molecule has 1 atom stereocenters. The average molecular weight is 572 g/mol. The lowest BCUT2D eigenvalue weighted by Gasteiger charge is -2.23. The molecular weight excluding hydrogens is 543 g/mol. The first kappa shape index (κ1) is 29.0. The van der Waals surface area contributed by atoms with Crippen LogP contribution in [0.15, 0.2) is 69.3 Å². The summed E-state index contributed by atoms with van der Waals surface area (Å²) in [6.07, 6.45) is 3.00. The standard InChI is InChI=1S/C29H28F3N3O4S/c1-4-6-7-25-34-28(36)26(29(37)35(25)24(5-2)19-14-20(30)16-21(31)15-19)40(38,39)22-10-8-18(9-11-22)23-12-13-33-27(32)17(23)3/h8-16,24,36H,4-7H2,1-3H3/t24-/m0/s1. The molecule has 2 heterocycles. The molecule has 0 amide bonds. The van der Waals surface area contributed by atoms with Crippen LogP contribution < -0.4 is 5.56 Å². The molecule has 0 radical (unpaired) electrons. The number of unbranched alkanes of at least 4 members (excludes halogenated alkanes) is 1. The molecule has 0 spiro atoms. The Kier molecular flexibility index (Phi) is 8.43. The highest BCUT2D eigenvalue weighted by Crippen LogP contribution is 2.31. The van der Waals surface area contributed by atoms with E-state index in [-0.39, 0.29) is 34.7 Å². The highest BCUT2D eigenvalue weighted by Gasteiger charge is 2.32. The molecule has 0 fully saturated rings. The molecular formula is C29H28F3N3O4S. The predicted molar refractivity (Wildman–Crippen MR) is 143 cm³/mol. The molecule has 40 heavy (non-hydrogen) atoms. The summed E-state index contributed by atoms with van der Waals surface area (Å²) >= 11 is 0. The van der Waals surface area contributed by atoms with Crippen molar-refractivity contribution >= 4 is 9.84 Å². The molecule has 0 aliphatic rings. The van der Waals surface area contributed by atoms with Gasteiger partial charge < -0.3 is 5.11 Å². The Morgan fingerprint density at radius 1 is 1.00 bits per heavy atom. The van der Waals surface area contributed by atoms with Crippen molar-refractivity contribution in [2.75, 3.05) is 0 Å². The number of hydrogen-bond acceptors (Lipinski definition) is 6. The molecule has 210 valence electrons. The Labute approximate surface area is 229 Å². The van der Waals surface area contributed by atoms with Crippen molar-refractivity contribution in [3.05, 3.63) is 99.6 Å². The zero-order valence-corrected chi connectivity index (χ0v) is 23.0. The van der Waals surface area contributed by atoms with Crippen molar-refractivity contribution in [2.24, 2.45) is 0 Å². The van der Waals surface area contributed by atoms with Gasteiger partial charge in [0.1, 0.15) is 17.5 Å². The summed E-state index contributed by atoms with van der Waals surface area (Å²) in [6, 6.07) is 8.91. The van der Waals surface area contributed by atoms with Gasteiger partial charge in [0.25, 0.3) is 5.56 Å². The Balaban J connectivity index is 1.88. The summed E-state index contributed by atoms with van der Waals surface area (Å²) in [7, 11) is -4.60. The minimum absolute atomic E-state index is 0.102. The number of rotatable bonds is 9. The first-order valence-corrected chi connectivity index (χ1v) is 14.2. The minimum atomic E-state index is -4.60. The van der Waals surface area contributed by atoms with Gasteiger partial charge in [-0.3, -0.25) is 9.36 Å². The van der Waals surface area contributed by atoms with Gasteiger partial charge in [0, 0.05) is 24.2 Å². The van der Waals surface area contributed by atoms with E-state index in [9.17, 15) is 31.5 Å². The fourth-order valence-electron chi connectivity index (χ4n) is 4.71. The lowest BCUT2D eigenvalue weighted by atomic mass is 10.0. The number of pyridine rings is 1. The Bertz CT molecular complexity index is 1700. The quantitative estimate of drug-likeness (QED) is 0.251. The van der Waals surface area contributed by atoms with Crippen molar-refractivity contribution < 1.29 is 26.7 Å². The fraction of sp³-hybridized carbons (Fsp3) is 0.276. The van der Waals surface area contributed by atoms with E-state index >= 15 is 0 Å². The number of nitrogens with zero attached hydrogens (tertiary/aromatic N) is 3. The second kappa shape index (κ2) is 11.6. The predicted octanol–water partition coefficient (Wildman–Crippen LogP) is 5.91. The summed E-state index contributed by atoms with van der Waals surface area (Å²) in [6.45, 7) is 5.14. The van der Waals surface area contributed by atoms with E-state index in [1.807, 2.05) is 6.92 Å². The molecule has 2 aromatic heterocycles. The van der Waals surface area contributed by atoms with E-state index in [1.54, 1.807) is 19.9 Å². The van der Waals surface area contributed by atoms with Gasteiger partial charge in [-0.05, 0) is 66.8 Å². The van der Waals surface area contributed by atoms with Crippen molar-refractivity contribution in [1.82, 2.24) is 14.5 Å². The normalized spacial score (nSPS) is 12.4. The number of benzene rings is 2. The van der Waals surface area contributed by atoms with Gasteiger partial charge in [-0.1, -0.05) is 32.4 Å². The van der Waals surface area contributed by atoms with Crippen LogP contribution >= 0.6 is 0 Å². The van der Waals surface area contributed by atoms with Crippen LogP contribution in [0, 0.1) is 24.5 Å². The Hall–Kier alpha value is -3.99. The van der Waals surface area contributed by atoms with Gasteiger partial charge in [0.05, 0.1) is 10.9 Å². The van der Waals surface area contributed by atoms with Crippen molar-refractivity contribution in [3.63, 3.8) is 0 Å². The summed E-state index contributed by atoms with van der Waals surface area (Å²) in [5.74, 6) is -3.20. The monoisotopic (exact) mass is 571 g/mol. The summed E-state index contributed by atoms with van der Waals surface area (Å²) in [4.78, 5) is 20.3. The van der Waals surface area contributed by atoms with E-state index < -0.39 is 49.8 Å². The number of sulfone groups is 1. The van der Waals surface area contributed by atoms with Crippen molar-refractivity contribution in [2.45, 2.75) is 62.3 Å². The van der Waals surface area contributed by atoms with Crippen LogP contribution in [-0.2, 0) is 16.3 Å². The van der Waals surface area contributed by atoms with Gasteiger partial charge >= 0.3 is 0 Å². The number of aryl methyl sites for hydroxylation is 1. The molecule has 4 rings (SSSR count). The summed E-state index contributed by atoms with van der Waals surface area (Å²) in [5, 5.41) is 10.7. The maximum Gasteiger partial charge on any atom is 0.277 e. The van der Waals surface area contributed by atoms with Gasteiger partial charge in [-0.2, -0.15) is 9.37 Å². The second-order valence-corrected chi connectivity index (χ2v) is 11.3. The SMILES string of the molecule is CCCCc1nc(O)c(S(=O)(=O)c2ccc(-c3ccnc(F)c3C)cc2)c(=O)n1[C@@H](CC)c1cc(F)cc(F)c1. The zero-order valence-electron chi connectivity index (χ0n) is 22.2. The Morgan fingerprint density at radius 3 is 2.25 bits per heavy atom. The van der Waals surface area contributed by atoms with Crippen LogP contribution in [0.4, 0.5) is 13.2 Å². The number of aromatic hydroxyl groups is 1. The van der Waals surface area contributed by atoms with Crippen LogP contribution in [0.25, 0.3) is 11.1 Å². The van der Waals surface area contributed by atoms with Gasteiger partial charge in [0.2, 0.25) is 21.7 Å². The molecule has 0 unspecified atom stereocenters. The van der Waals surface area contributed by atoms with E-state index in [4.69, 9.17) is 0 Å². The average Bonchev–Trinajstić information content (AvgIpc) is 2.90. The molecule has 0 saturated carbocycles. The van der Waals surface area contributed by atoms with Crippen LogP contribution in [0.2, 0.25) is 0 Å². The van der Waals surface area contributed by atoms with Crippen LogP contribution in [0.5, 0.6) is 5.88 Å². The molecule has 0 saturated heterocycles. The third kappa shape index (κ3) is 5.51. The maximum atomic E-state index is 14.1. The Morgan fingerprint density at radius 2 is 1.65 bits per heavy atom. The van der Waals surface area contributed by atoms with Crippen molar-refractivity contribution in [1.29, 1.82) is 0 Å². The largest absolute Gasteiger partial charge is 0.492 e. The van der Waals surface area contributed by atoms with Crippen LogP contribution in [0.1, 0.15) is 56.1 Å². The molecule has 2 aromatic carbocycles. The summed E-state index contributed by atoms with van der Waals surface area (Å²) in [5.41, 5.74) is 0.388. The molecule has 1 N–H and O–H groups in total.